The van der Waals surface area contributed by atoms with E-state index in [-0.39, 0.29) is 0 Å². The summed E-state index contributed by atoms with van der Waals surface area (Å²) >= 11 is 1.54. The molecule has 0 saturated heterocycles. The van der Waals surface area contributed by atoms with Crippen molar-refractivity contribution >= 4 is 17.6 Å². The lowest BCUT2D eigenvalue weighted by Crippen LogP contribution is -1.90. The quantitative estimate of drug-likeness (QED) is 0.759. The average Bonchev–Trinajstić information content (AvgIpc) is 2.71. The first-order chi connectivity index (χ1) is 7.69. The zero-order chi connectivity index (χ0) is 11.5. The fourth-order valence-corrected chi connectivity index (χ4v) is 2.32. The second-order valence-electron chi connectivity index (χ2n) is 3.88. The molecular formula is C13H13NOS. The molecule has 0 aliphatic rings. The Hall–Kier alpha value is -1.48. The van der Waals surface area contributed by atoms with Gasteiger partial charge >= 0.3 is 0 Å². The second kappa shape index (κ2) is 4.58. The molecule has 0 spiro atoms. The van der Waals surface area contributed by atoms with Crippen LogP contribution in [0.1, 0.15) is 32.2 Å². The van der Waals surface area contributed by atoms with E-state index in [2.05, 4.69) is 37.0 Å². The van der Waals surface area contributed by atoms with Gasteiger partial charge in [0.25, 0.3) is 0 Å². The largest absolute Gasteiger partial charge is 0.296 e. The van der Waals surface area contributed by atoms with Crippen molar-refractivity contribution < 1.29 is 4.79 Å². The summed E-state index contributed by atoms with van der Waals surface area (Å²) in [6, 6.07) is 6.42. The molecule has 0 amide bonds. The number of carbonyl (C=O) groups excluding carboxylic acids is 1. The minimum atomic E-state index is 0.531. The van der Waals surface area contributed by atoms with E-state index in [1.807, 2.05) is 0 Å². The SMILES string of the molecule is Cc1ccc(Cc2nc(C=O)cs2)cc1C. The summed E-state index contributed by atoms with van der Waals surface area (Å²) in [5, 5.41) is 2.79. The van der Waals surface area contributed by atoms with Crippen LogP contribution in [0.2, 0.25) is 0 Å². The molecule has 0 aliphatic carbocycles. The Morgan fingerprint density at radius 2 is 2.12 bits per heavy atom. The molecule has 0 radical (unpaired) electrons. The highest BCUT2D eigenvalue weighted by Gasteiger charge is 2.03. The number of hydrogen-bond acceptors (Lipinski definition) is 3. The average molecular weight is 231 g/mol. The Morgan fingerprint density at radius 3 is 2.75 bits per heavy atom. The molecule has 1 aromatic heterocycles. The number of benzene rings is 1. The Bertz CT molecular complexity index is 516. The fraction of sp³-hybridized carbons (Fsp3) is 0.231. The minimum absolute atomic E-state index is 0.531. The van der Waals surface area contributed by atoms with Crippen molar-refractivity contribution in [3.63, 3.8) is 0 Å². The first kappa shape index (κ1) is 11.0. The standard InChI is InChI=1S/C13H13NOS/c1-9-3-4-11(5-10(9)2)6-13-14-12(7-15)8-16-13/h3-5,7-8H,6H2,1-2H3. The first-order valence-corrected chi connectivity index (χ1v) is 6.02. The molecule has 82 valence electrons. The van der Waals surface area contributed by atoms with Crippen molar-refractivity contribution in [1.29, 1.82) is 0 Å². The number of nitrogens with zero attached hydrogens (tertiary/aromatic N) is 1. The highest BCUT2D eigenvalue weighted by molar-refractivity contribution is 7.09. The van der Waals surface area contributed by atoms with Crippen LogP contribution >= 0.6 is 11.3 Å². The van der Waals surface area contributed by atoms with Crippen LogP contribution in [0.4, 0.5) is 0 Å². The van der Waals surface area contributed by atoms with E-state index >= 15 is 0 Å². The summed E-state index contributed by atoms with van der Waals surface area (Å²) in [4.78, 5) is 14.7. The summed E-state index contributed by atoms with van der Waals surface area (Å²) in [7, 11) is 0. The molecule has 2 aromatic rings. The van der Waals surface area contributed by atoms with Crippen molar-refractivity contribution in [3.8, 4) is 0 Å². The molecule has 0 aliphatic heterocycles. The lowest BCUT2D eigenvalue weighted by atomic mass is 10.0. The van der Waals surface area contributed by atoms with Gasteiger partial charge in [0.05, 0.1) is 5.01 Å². The van der Waals surface area contributed by atoms with Gasteiger partial charge in [-0.15, -0.1) is 11.3 Å². The molecule has 1 aromatic carbocycles. The van der Waals surface area contributed by atoms with Crippen LogP contribution in [0, 0.1) is 13.8 Å². The summed E-state index contributed by atoms with van der Waals surface area (Å²) in [6.07, 6.45) is 1.60. The van der Waals surface area contributed by atoms with E-state index in [4.69, 9.17) is 0 Å². The summed E-state index contributed by atoms with van der Waals surface area (Å²) in [5.41, 5.74) is 4.37. The van der Waals surface area contributed by atoms with E-state index in [9.17, 15) is 4.79 Å². The van der Waals surface area contributed by atoms with Crippen molar-refractivity contribution in [1.82, 2.24) is 4.98 Å². The highest BCUT2D eigenvalue weighted by Crippen LogP contribution is 2.16. The molecular weight excluding hydrogens is 218 g/mol. The summed E-state index contributed by atoms with van der Waals surface area (Å²) < 4.78 is 0. The molecule has 2 rings (SSSR count). The molecule has 1 heterocycles. The van der Waals surface area contributed by atoms with Crippen LogP contribution in [-0.2, 0) is 6.42 Å². The van der Waals surface area contributed by atoms with Crippen LogP contribution in [0.3, 0.4) is 0 Å². The van der Waals surface area contributed by atoms with Gasteiger partial charge in [0.15, 0.2) is 6.29 Å². The topological polar surface area (TPSA) is 30.0 Å². The molecule has 2 nitrogen and oxygen atoms in total. The number of rotatable bonds is 3. The van der Waals surface area contributed by atoms with Crippen LogP contribution < -0.4 is 0 Å². The van der Waals surface area contributed by atoms with E-state index in [1.165, 1.54) is 28.0 Å². The smallest absolute Gasteiger partial charge is 0.169 e. The van der Waals surface area contributed by atoms with Gasteiger partial charge in [0.1, 0.15) is 5.69 Å². The van der Waals surface area contributed by atoms with Crippen molar-refractivity contribution in [3.05, 3.63) is 51.0 Å². The molecule has 0 fully saturated rings. The molecule has 0 unspecified atom stereocenters. The van der Waals surface area contributed by atoms with Gasteiger partial charge in [-0.1, -0.05) is 18.2 Å². The summed E-state index contributed by atoms with van der Waals surface area (Å²) in [6.45, 7) is 4.21. The third-order valence-electron chi connectivity index (χ3n) is 2.62. The fourth-order valence-electron chi connectivity index (χ4n) is 1.55. The van der Waals surface area contributed by atoms with E-state index in [1.54, 1.807) is 5.38 Å². The Morgan fingerprint density at radius 1 is 1.31 bits per heavy atom. The number of aromatic nitrogens is 1. The third kappa shape index (κ3) is 2.36. The number of carbonyl (C=O) groups is 1. The Balaban J connectivity index is 2.20. The third-order valence-corrected chi connectivity index (χ3v) is 3.48. The van der Waals surface area contributed by atoms with Gasteiger partial charge in [-0.2, -0.15) is 0 Å². The second-order valence-corrected chi connectivity index (χ2v) is 4.82. The van der Waals surface area contributed by atoms with Gasteiger partial charge in [-0.3, -0.25) is 4.79 Å². The minimum Gasteiger partial charge on any atom is -0.296 e. The molecule has 16 heavy (non-hydrogen) atoms. The van der Waals surface area contributed by atoms with E-state index in [0.717, 1.165) is 17.7 Å². The van der Waals surface area contributed by atoms with Crippen LogP contribution in [-0.4, -0.2) is 11.3 Å². The summed E-state index contributed by atoms with van der Waals surface area (Å²) in [5.74, 6) is 0. The zero-order valence-corrected chi connectivity index (χ0v) is 10.2. The maximum absolute atomic E-state index is 10.5. The van der Waals surface area contributed by atoms with Gasteiger partial charge in [0, 0.05) is 11.8 Å². The van der Waals surface area contributed by atoms with Crippen molar-refractivity contribution in [2.45, 2.75) is 20.3 Å². The van der Waals surface area contributed by atoms with E-state index in [0.29, 0.717) is 5.69 Å². The number of thiazole rings is 1. The highest BCUT2D eigenvalue weighted by atomic mass is 32.1. The number of hydrogen-bond donors (Lipinski definition) is 0. The first-order valence-electron chi connectivity index (χ1n) is 5.15. The van der Waals surface area contributed by atoms with Crippen LogP contribution in [0.15, 0.2) is 23.6 Å². The van der Waals surface area contributed by atoms with Crippen molar-refractivity contribution in [2.24, 2.45) is 0 Å². The molecule has 0 saturated carbocycles. The van der Waals surface area contributed by atoms with Crippen LogP contribution in [0.25, 0.3) is 0 Å². The van der Waals surface area contributed by atoms with Crippen LogP contribution in [0.5, 0.6) is 0 Å². The lowest BCUT2D eigenvalue weighted by molar-refractivity contribution is 0.111. The van der Waals surface area contributed by atoms with Gasteiger partial charge in [-0.05, 0) is 30.5 Å². The number of aldehydes is 1. The molecule has 0 atom stereocenters. The van der Waals surface area contributed by atoms with Gasteiger partial charge in [-0.25, -0.2) is 4.98 Å². The Labute approximate surface area is 99.0 Å². The normalized spacial score (nSPS) is 10.4. The predicted molar refractivity (Wildman–Crippen MR) is 66.2 cm³/mol. The maximum Gasteiger partial charge on any atom is 0.169 e. The predicted octanol–water partition coefficient (Wildman–Crippen LogP) is 3.16. The molecule has 3 heteroatoms. The monoisotopic (exact) mass is 231 g/mol. The molecule has 0 N–H and O–H groups in total. The zero-order valence-electron chi connectivity index (χ0n) is 9.36. The van der Waals surface area contributed by atoms with Gasteiger partial charge in [0.2, 0.25) is 0 Å². The number of aryl methyl sites for hydroxylation is 2. The lowest BCUT2D eigenvalue weighted by Gasteiger charge is -2.03. The van der Waals surface area contributed by atoms with Gasteiger partial charge < -0.3 is 0 Å². The maximum atomic E-state index is 10.5. The Kier molecular flexibility index (Phi) is 3.15. The van der Waals surface area contributed by atoms with Crippen molar-refractivity contribution in [2.75, 3.05) is 0 Å². The molecule has 0 bridgehead atoms. The van der Waals surface area contributed by atoms with E-state index < -0.39 is 0 Å².